The molecule has 0 saturated heterocycles. The first-order chi connectivity index (χ1) is 10.4. The molecular formula is C18H23NO3. The average molecular weight is 301 g/mol. The standard InChI is InChI=1S/C18H23NO3/c1-11(2)19-18(20)15-9-7-13-6-8-14(21-5)10-16(13)17(15)22-12(3)4/h6-12H,1-5H3,(H,19,20). The predicted molar refractivity (Wildman–Crippen MR) is 88.9 cm³/mol. The number of amides is 1. The summed E-state index contributed by atoms with van der Waals surface area (Å²) in [5, 5.41) is 4.81. The maximum atomic E-state index is 12.4. The monoisotopic (exact) mass is 301 g/mol. The summed E-state index contributed by atoms with van der Waals surface area (Å²) in [4.78, 5) is 12.4. The lowest BCUT2D eigenvalue weighted by Crippen LogP contribution is -2.30. The molecule has 0 fully saturated rings. The van der Waals surface area contributed by atoms with Gasteiger partial charge in [-0.25, -0.2) is 0 Å². The Morgan fingerprint density at radius 3 is 2.36 bits per heavy atom. The first kappa shape index (κ1) is 16.1. The van der Waals surface area contributed by atoms with E-state index in [9.17, 15) is 4.79 Å². The van der Waals surface area contributed by atoms with Gasteiger partial charge in [0.25, 0.3) is 5.91 Å². The van der Waals surface area contributed by atoms with Crippen LogP contribution in [0.3, 0.4) is 0 Å². The Balaban J connectivity index is 2.61. The Kier molecular flexibility index (Phi) is 4.91. The van der Waals surface area contributed by atoms with Gasteiger partial charge in [-0.1, -0.05) is 12.1 Å². The molecule has 2 aromatic carbocycles. The molecule has 1 amide bonds. The molecule has 0 bridgehead atoms. The molecule has 2 aromatic rings. The van der Waals surface area contributed by atoms with E-state index in [4.69, 9.17) is 9.47 Å². The second-order valence-electron chi connectivity index (χ2n) is 5.82. The molecule has 0 aromatic heterocycles. The molecule has 22 heavy (non-hydrogen) atoms. The summed E-state index contributed by atoms with van der Waals surface area (Å²) in [6.07, 6.45) is -0.0256. The second kappa shape index (κ2) is 6.69. The average Bonchev–Trinajstić information content (AvgIpc) is 2.45. The van der Waals surface area contributed by atoms with Crippen molar-refractivity contribution in [1.82, 2.24) is 5.32 Å². The molecule has 0 aliphatic carbocycles. The van der Waals surface area contributed by atoms with Gasteiger partial charge in [0.2, 0.25) is 0 Å². The molecule has 0 unspecified atom stereocenters. The van der Waals surface area contributed by atoms with Gasteiger partial charge < -0.3 is 14.8 Å². The zero-order valence-electron chi connectivity index (χ0n) is 13.8. The van der Waals surface area contributed by atoms with Crippen LogP contribution in [0.2, 0.25) is 0 Å². The number of carbonyl (C=O) groups is 1. The van der Waals surface area contributed by atoms with Crippen molar-refractivity contribution in [2.75, 3.05) is 7.11 Å². The highest BCUT2D eigenvalue weighted by atomic mass is 16.5. The van der Waals surface area contributed by atoms with E-state index in [1.165, 1.54) is 0 Å². The summed E-state index contributed by atoms with van der Waals surface area (Å²) in [7, 11) is 1.62. The topological polar surface area (TPSA) is 47.6 Å². The first-order valence-electron chi connectivity index (χ1n) is 7.50. The van der Waals surface area contributed by atoms with Gasteiger partial charge in [-0.2, -0.15) is 0 Å². The molecule has 2 rings (SSSR count). The number of fused-ring (bicyclic) bond motifs is 1. The number of benzene rings is 2. The third kappa shape index (κ3) is 3.50. The van der Waals surface area contributed by atoms with E-state index in [0.717, 1.165) is 16.5 Å². The van der Waals surface area contributed by atoms with Crippen LogP contribution in [0.1, 0.15) is 38.1 Å². The van der Waals surface area contributed by atoms with Gasteiger partial charge in [-0.3, -0.25) is 4.79 Å². The molecular weight excluding hydrogens is 278 g/mol. The minimum atomic E-state index is -0.129. The van der Waals surface area contributed by atoms with E-state index in [0.29, 0.717) is 11.3 Å². The van der Waals surface area contributed by atoms with Crippen LogP contribution < -0.4 is 14.8 Å². The third-order valence-electron chi connectivity index (χ3n) is 3.20. The van der Waals surface area contributed by atoms with Gasteiger partial charge in [0.1, 0.15) is 11.5 Å². The van der Waals surface area contributed by atoms with E-state index in [1.807, 2.05) is 58.0 Å². The maximum absolute atomic E-state index is 12.4. The SMILES string of the molecule is COc1ccc2ccc(C(=O)NC(C)C)c(OC(C)C)c2c1. The molecule has 4 heteroatoms. The summed E-state index contributed by atoms with van der Waals surface area (Å²) in [5.41, 5.74) is 0.545. The lowest BCUT2D eigenvalue weighted by molar-refractivity contribution is 0.0937. The van der Waals surface area contributed by atoms with Crippen molar-refractivity contribution in [3.05, 3.63) is 35.9 Å². The van der Waals surface area contributed by atoms with E-state index < -0.39 is 0 Å². The molecule has 0 spiro atoms. The van der Waals surface area contributed by atoms with Crippen LogP contribution in [0, 0.1) is 0 Å². The summed E-state index contributed by atoms with van der Waals surface area (Å²) in [6, 6.07) is 9.57. The molecule has 0 saturated carbocycles. The Morgan fingerprint density at radius 2 is 1.77 bits per heavy atom. The molecule has 1 N–H and O–H groups in total. The van der Waals surface area contributed by atoms with Crippen LogP contribution in [-0.4, -0.2) is 25.2 Å². The molecule has 0 aliphatic rings. The van der Waals surface area contributed by atoms with E-state index in [-0.39, 0.29) is 18.1 Å². The van der Waals surface area contributed by atoms with E-state index in [1.54, 1.807) is 7.11 Å². The molecule has 118 valence electrons. The summed E-state index contributed by atoms with van der Waals surface area (Å²) in [6.45, 7) is 7.77. The van der Waals surface area contributed by atoms with Crippen LogP contribution >= 0.6 is 0 Å². The quantitative estimate of drug-likeness (QED) is 0.914. The fourth-order valence-corrected chi connectivity index (χ4v) is 2.28. The molecule has 0 aliphatic heterocycles. The fourth-order valence-electron chi connectivity index (χ4n) is 2.28. The Labute approximate surface area is 131 Å². The Morgan fingerprint density at radius 1 is 1.09 bits per heavy atom. The molecule has 4 nitrogen and oxygen atoms in total. The van der Waals surface area contributed by atoms with Crippen molar-refractivity contribution >= 4 is 16.7 Å². The van der Waals surface area contributed by atoms with Crippen molar-refractivity contribution in [3.8, 4) is 11.5 Å². The summed E-state index contributed by atoms with van der Waals surface area (Å²) >= 11 is 0. The van der Waals surface area contributed by atoms with Crippen molar-refractivity contribution in [1.29, 1.82) is 0 Å². The normalized spacial score (nSPS) is 11.0. The smallest absolute Gasteiger partial charge is 0.255 e. The lowest BCUT2D eigenvalue weighted by Gasteiger charge is -2.18. The summed E-state index contributed by atoms with van der Waals surface area (Å²) < 4.78 is 11.2. The van der Waals surface area contributed by atoms with Crippen LogP contribution in [0.5, 0.6) is 11.5 Å². The summed E-state index contributed by atoms with van der Waals surface area (Å²) in [5.74, 6) is 1.21. The molecule has 0 atom stereocenters. The van der Waals surface area contributed by atoms with Crippen LogP contribution in [0.4, 0.5) is 0 Å². The number of ether oxygens (including phenoxy) is 2. The van der Waals surface area contributed by atoms with Crippen LogP contribution in [-0.2, 0) is 0 Å². The van der Waals surface area contributed by atoms with Gasteiger partial charge in [0.15, 0.2) is 0 Å². The highest BCUT2D eigenvalue weighted by molar-refractivity contribution is 6.04. The zero-order chi connectivity index (χ0) is 16.3. The zero-order valence-corrected chi connectivity index (χ0v) is 13.8. The van der Waals surface area contributed by atoms with Crippen molar-refractivity contribution in [3.63, 3.8) is 0 Å². The van der Waals surface area contributed by atoms with Crippen molar-refractivity contribution in [2.45, 2.75) is 39.8 Å². The van der Waals surface area contributed by atoms with Gasteiger partial charge in [0, 0.05) is 11.4 Å². The fraction of sp³-hybridized carbons (Fsp3) is 0.389. The highest BCUT2D eigenvalue weighted by Gasteiger charge is 2.18. The molecule has 0 heterocycles. The minimum Gasteiger partial charge on any atom is -0.497 e. The largest absolute Gasteiger partial charge is 0.497 e. The van der Waals surface area contributed by atoms with Crippen molar-refractivity contribution in [2.24, 2.45) is 0 Å². The molecule has 0 radical (unpaired) electrons. The van der Waals surface area contributed by atoms with Gasteiger partial charge in [0.05, 0.1) is 18.8 Å². The second-order valence-corrected chi connectivity index (χ2v) is 5.82. The van der Waals surface area contributed by atoms with Crippen LogP contribution in [0.25, 0.3) is 10.8 Å². The number of rotatable bonds is 5. The van der Waals surface area contributed by atoms with Gasteiger partial charge in [-0.05, 0) is 51.3 Å². The predicted octanol–water partition coefficient (Wildman–Crippen LogP) is 3.77. The highest BCUT2D eigenvalue weighted by Crippen LogP contribution is 2.33. The number of methoxy groups -OCH3 is 1. The first-order valence-corrected chi connectivity index (χ1v) is 7.50. The van der Waals surface area contributed by atoms with E-state index in [2.05, 4.69) is 5.32 Å². The number of hydrogen-bond donors (Lipinski definition) is 1. The Bertz CT molecular complexity index is 677. The third-order valence-corrected chi connectivity index (χ3v) is 3.20. The Hall–Kier alpha value is -2.23. The maximum Gasteiger partial charge on any atom is 0.255 e. The van der Waals surface area contributed by atoms with E-state index >= 15 is 0 Å². The van der Waals surface area contributed by atoms with Gasteiger partial charge >= 0.3 is 0 Å². The number of hydrogen-bond acceptors (Lipinski definition) is 3. The lowest BCUT2D eigenvalue weighted by atomic mass is 10.0. The van der Waals surface area contributed by atoms with Crippen LogP contribution in [0.15, 0.2) is 30.3 Å². The van der Waals surface area contributed by atoms with Gasteiger partial charge in [-0.15, -0.1) is 0 Å². The minimum absolute atomic E-state index is 0.0256. The number of nitrogens with one attached hydrogen (secondary N) is 1. The van der Waals surface area contributed by atoms with Crippen molar-refractivity contribution < 1.29 is 14.3 Å². The number of carbonyl (C=O) groups excluding carboxylic acids is 1.